The number of fused-ring (bicyclic) bond motifs is 9. The van der Waals surface area contributed by atoms with Gasteiger partial charge in [-0.15, -0.1) is 0 Å². The van der Waals surface area contributed by atoms with E-state index in [-0.39, 0.29) is 6.17 Å². The molecule has 0 saturated carbocycles. The lowest BCUT2D eigenvalue weighted by atomic mass is 9.64. The van der Waals surface area contributed by atoms with Crippen LogP contribution in [0, 0.1) is 0 Å². The van der Waals surface area contributed by atoms with Gasteiger partial charge in [-0.1, -0.05) is 194 Å². The summed E-state index contributed by atoms with van der Waals surface area (Å²) in [4.78, 5) is 7.71. The Morgan fingerprint density at radius 3 is 1.61 bits per heavy atom. The molecule has 0 saturated heterocycles. The summed E-state index contributed by atoms with van der Waals surface area (Å²) >= 11 is 0. The fourth-order valence-electron chi connectivity index (χ4n) is 10.1. The van der Waals surface area contributed by atoms with E-state index in [4.69, 9.17) is 4.99 Å². The van der Waals surface area contributed by atoms with E-state index in [0.717, 1.165) is 39.3 Å². The molecule has 3 heteroatoms. The molecule has 1 N–H and O–H groups in total. The number of allylic oxidation sites excluding steroid dienone is 1. The molecule has 1 unspecified atom stereocenters. The zero-order chi connectivity index (χ0) is 41.0. The van der Waals surface area contributed by atoms with Gasteiger partial charge in [-0.3, -0.25) is 4.99 Å². The lowest BCUT2D eigenvalue weighted by Crippen LogP contribution is -2.36. The molecule has 9 aromatic rings. The van der Waals surface area contributed by atoms with E-state index >= 15 is 0 Å². The average molecular weight is 792 g/mol. The minimum Gasteiger partial charge on any atom is -0.360 e. The smallest absolute Gasteiger partial charge is 0.145 e. The van der Waals surface area contributed by atoms with Gasteiger partial charge in [0.25, 0.3) is 0 Å². The van der Waals surface area contributed by atoms with Crippen molar-refractivity contribution in [2.45, 2.75) is 11.6 Å². The van der Waals surface area contributed by atoms with E-state index in [2.05, 4.69) is 247 Å². The summed E-state index contributed by atoms with van der Waals surface area (Å²) in [6, 6.07) is 83.8. The maximum atomic E-state index is 5.28. The molecule has 1 atom stereocenters. The van der Waals surface area contributed by atoms with Gasteiger partial charge in [-0.25, -0.2) is 0 Å². The summed E-state index contributed by atoms with van der Waals surface area (Å²) in [5.74, 6) is 0. The molecular formula is C59H41N3. The highest BCUT2D eigenvalue weighted by Gasteiger charge is 2.51. The largest absolute Gasteiger partial charge is 0.360 e. The molecule has 12 rings (SSSR count). The topological polar surface area (TPSA) is 27.6 Å². The van der Waals surface area contributed by atoms with Gasteiger partial charge in [0, 0.05) is 11.4 Å². The second-order valence-corrected chi connectivity index (χ2v) is 16.3. The summed E-state index contributed by atoms with van der Waals surface area (Å²) < 4.78 is 0. The zero-order valence-electron chi connectivity index (χ0n) is 34.0. The van der Waals surface area contributed by atoms with Gasteiger partial charge in [0.15, 0.2) is 0 Å². The van der Waals surface area contributed by atoms with Crippen molar-refractivity contribution in [2.75, 3.05) is 4.90 Å². The summed E-state index contributed by atoms with van der Waals surface area (Å²) in [5.41, 5.74) is 20.8. The predicted octanol–water partition coefficient (Wildman–Crippen LogP) is 14.3. The van der Waals surface area contributed by atoms with Crippen LogP contribution in [0.2, 0.25) is 0 Å². The Morgan fingerprint density at radius 1 is 0.387 bits per heavy atom. The first-order valence-electron chi connectivity index (χ1n) is 21.4. The molecule has 1 aliphatic carbocycles. The normalized spacial score (nSPS) is 15.4. The zero-order valence-corrected chi connectivity index (χ0v) is 34.0. The summed E-state index contributed by atoms with van der Waals surface area (Å²) in [7, 11) is 0. The van der Waals surface area contributed by atoms with Crippen LogP contribution in [0.4, 0.5) is 17.1 Å². The molecular weight excluding hydrogens is 751 g/mol. The maximum absolute atomic E-state index is 5.28. The highest BCUT2D eigenvalue weighted by molar-refractivity contribution is 6.13. The van der Waals surface area contributed by atoms with Crippen molar-refractivity contribution in [2.24, 2.45) is 4.99 Å². The molecule has 0 bridgehead atoms. The average Bonchev–Trinajstić information content (AvgIpc) is 3.65. The SMILES string of the molecule is C1=C(c2cccc(-c3ccc4c(c3)C3(c5ccccc5-4)c4ccccc4N(c4ccccc4)c4ccccc43)c2)NC(c2ccc(-c3ccccc3)cc2)N=C1c1ccccc1. The standard InChI is InChI=1S/C59H41N3/c1-4-17-40(18-5-1)41-31-33-43(34-32-41)58-60-54(42-19-6-2-7-20-42)39-55(61-58)46-22-16-21-44(37-46)45-35-36-49-48-25-10-11-26-50(48)59(53(49)38-45)51-27-12-14-29-56(51)62(47-23-8-3-9-24-47)57-30-15-13-28-52(57)59/h1-39,58,61H. The number of aliphatic imine (C=N–C) groups is 1. The van der Waals surface area contributed by atoms with Crippen LogP contribution in [0.1, 0.15) is 45.1 Å². The van der Waals surface area contributed by atoms with Gasteiger partial charge < -0.3 is 10.2 Å². The number of nitrogens with one attached hydrogen (secondary N) is 1. The summed E-state index contributed by atoms with van der Waals surface area (Å²) in [6.07, 6.45) is 1.95. The molecule has 3 nitrogen and oxygen atoms in total. The highest BCUT2D eigenvalue weighted by Crippen LogP contribution is 2.63. The molecule has 3 aliphatic rings. The van der Waals surface area contributed by atoms with Gasteiger partial charge in [0.2, 0.25) is 0 Å². The van der Waals surface area contributed by atoms with Crippen molar-refractivity contribution < 1.29 is 0 Å². The van der Waals surface area contributed by atoms with Crippen LogP contribution in [0.3, 0.4) is 0 Å². The van der Waals surface area contributed by atoms with Crippen LogP contribution in [0.15, 0.2) is 242 Å². The minimum absolute atomic E-state index is 0.251. The molecule has 0 fully saturated rings. The van der Waals surface area contributed by atoms with Crippen molar-refractivity contribution in [1.29, 1.82) is 0 Å². The van der Waals surface area contributed by atoms with Crippen LogP contribution in [-0.4, -0.2) is 5.71 Å². The Balaban J connectivity index is 0.979. The maximum Gasteiger partial charge on any atom is 0.145 e. The lowest BCUT2D eigenvalue weighted by Gasteiger charge is -2.45. The fourth-order valence-corrected chi connectivity index (χ4v) is 10.1. The van der Waals surface area contributed by atoms with Crippen molar-refractivity contribution in [3.63, 3.8) is 0 Å². The monoisotopic (exact) mass is 791 g/mol. The molecule has 0 aromatic heterocycles. The summed E-state index contributed by atoms with van der Waals surface area (Å²) in [5, 5.41) is 3.83. The molecule has 2 heterocycles. The van der Waals surface area contributed by atoms with Crippen LogP contribution in [0.5, 0.6) is 0 Å². The number of rotatable bonds is 6. The quantitative estimate of drug-likeness (QED) is 0.182. The van der Waals surface area contributed by atoms with E-state index in [9.17, 15) is 0 Å². The third-order valence-corrected chi connectivity index (χ3v) is 12.9. The first-order valence-corrected chi connectivity index (χ1v) is 21.4. The Labute approximate surface area is 362 Å². The minimum atomic E-state index is -0.518. The Hall–Kier alpha value is -8.01. The third-order valence-electron chi connectivity index (χ3n) is 12.9. The number of hydrogen-bond acceptors (Lipinski definition) is 3. The van der Waals surface area contributed by atoms with Gasteiger partial charge >= 0.3 is 0 Å². The van der Waals surface area contributed by atoms with Gasteiger partial charge in [0.1, 0.15) is 6.17 Å². The first kappa shape index (κ1) is 35.9. The molecule has 9 aromatic carbocycles. The predicted molar refractivity (Wildman–Crippen MR) is 256 cm³/mol. The Kier molecular flexibility index (Phi) is 8.46. The Morgan fingerprint density at radius 2 is 0.903 bits per heavy atom. The van der Waals surface area contributed by atoms with Crippen LogP contribution < -0.4 is 10.2 Å². The molecule has 0 radical (unpaired) electrons. The highest BCUT2D eigenvalue weighted by atomic mass is 15.2. The van der Waals surface area contributed by atoms with Crippen LogP contribution in [-0.2, 0) is 5.41 Å². The van der Waals surface area contributed by atoms with Gasteiger partial charge in [-0.2, -0.15) is 0 Å². The van der Waals surface area contributed by atoms with Crippen molar-refractivity contribution in [1.82, 2.24) is 5.32 Å². The van der Waals surface area contributed by atoms with E-state index < -0.39 is 5.41 Å². The van der Waals surface area contributed by atoms with Crippen LogP contribution in [0.25, 0.3) is 39.1 Å². The second kappa shape index (κ2) is 14.6. The van der Waals surface area contributed by atoms with E-state index in [1.54, 1.807) is 0 Å². The molecule has 292 valence electrons. The number of para-hydroxylation sites is 3. The van der Waals surface area contributed by atoms with Crippen LogP contribution >= 0.6 is 0 Å². The molecule has 62 heavy (non-hydrogen) atoms. The molecule has 2 aliphatic heterocycles. The first-order chi connectivity index (χ1) is 30.7. The third kappa shape index (κ3) is 5.70. The molecule has 0 amide bonds. The van der Waals surface area contributed by atoms with E-state index in [1.807, 2.05) is 0 Å². The van der Waals surface area contributed by atoms with Crippen molar-refractivity contribution in [3.05, 3.63) is 276 Å². The number of nitrogens with zero attached hydrogens (tertiary/aromatic N) is 2. The summed E-state index contributed by atoms with van der Waals surface area (Å²) in [6.45, 7) is 0. The number of anilines is 3. The van der Waals surface area contributed by atoms with Gasteiger partial charge in [0.05, 0.1) is 22.5 Å². The van der Waals surface area contributed by atoms with Crippen molar-refractivity contribution in [3.8, 4) is 33.4 Å². The van der Waals surface area contributed by atoms with Crippen molar-refractivity contribution >= 4 is 28.5 Å². The number of benzene rings is 9. The second-order valence-electron chi connectivity index (χ2n) is 16.3. The van der Waals surface area contributed by atoms with E-state index in [0.29, 0.717) is 0 Å². The van der Waals surface area contributed by atoms with Gasteiger partial charge in [-0.05, 0) is 115 Å². The number of hydrogen-bond donors (Lipinski definition) is 1. The molecule has 1 spiro atoms. The lowest BCUT2D eigenvalue weighted by molar-refractivity contribution is 0.664. The van der Waals surface area contributed by atoms with E-state index in [1.165, 1.54) is 61.4 Å². The fraction of sp³-hybridized carbons (Fsp3) is 0.0339. The Bertz CT molecular complexity index is 3160.